The largest absolute Gasteiger partial charge is 0.493 e. The van der Waals surface area contributed by atoms with Gasteiger partial charge < -0.3 is 9.84 Å². The van der Waals surface area contributed by atoms with Crippen LogP contribution >= 0.6 is 15.9 Å². The topological polar surface area (TPSA) is 59.4 Å². The Labute approximate surface area is 119 Å². The number of nitrogens with zero attached hydrogens (tertiary/aromatic N) is 1. The van der Waals surface area contributed by atoms with Crippen LogP contribution in [0.3, 0.4) is 0 Å². The molecular weight excluding hydrogens is 310 g/mol. The van der Waals surface area contributed by atoms with Gasteiger partial charge >= 0.3 is 5.97 Å². The maximum atomic E-state index is 11.0. The molecule has 98 valence electrons. The third kappa shape index (κ3) is 3.79. The van der Waals surface area contributed by atoms with Crippen molar-refractivity contribution in [2.24, 2.45) is 0 Å². The Bertz CT molecular complexity index is 572. The van der Waals surface area contributed by atoms with Crippen LogP contribution < -0.4 is 4.74 Å². The number of halogens is 1. The summed E-state index contributed by atoms with van der Waals surface area (Å²) in [7, 11) is 0. The van der Waals surface area contributed by atoms with Crippen LogP contribution in [0.5, 0.6) is 5.75 Å². The highest BCUT2D eigenvalue weighted by atomic mass is 79.9. The fourth-order valence-electron chi connectivity index (χ4n) is 1.59. The van der Waals surface area contributed by atoms with Crippen LogP contribution in [-0.4, -0.2) is 22.7 Å². The first-order chi connectivity index (χ1) is 9.16. The normalized spacial score (nSPS) is 10.2. The minimum atomic E-state index is -0.980. The number of carboxylic acids is 1. The molecule has 1 heterocycles. The van der Waals surface area contributed by atoms with E-state index in [0.717, 1.165) is 12.0 Å². The number of hydrogen-bond acceptors (Lipinski definition) is 3. The lowest BCUT2D eigenvalue weighted by atomic mass is 10.2. The predicted octanol–water partition coefficient (Wildman–Crippen LogP) is 3.16. The lowest BCUT2D eigenvalue weighted by Gasteiger charge is -2.08. The molecule has 0 bridgehead atoms. The quantitative estimate of drug-likeness (QED) is 0.918. The van der Waals surface area contributed by atoms with Crippen molar-refractivity contribution in [2.45, 2.75) is 6.42 Å². The Morgan fingerprint density at radius 2 is 2.00 bits per heavy atom. The molecule has 2 rings (SSSR count). The summed E-state index contributed by atoms with van der Waals surface area (Å²) in [5.74, 6) is -0.430. The Balaban J connectivity index is 1.97. The summed E-state index contributed by atoms with van der Waals surface area (Å²) in [6, 6.07) is 8.77. The Morgan fingerprint density at radius 1 is 1.26 bits per heavy atom. The van der Waals surface area contributed by atoms with Gasteiger partial charge in [0.1, 0.15) is 5.75 Å². The molecule has 0 aliphatic heterocycles. The van der Waals surface area contributed by atoms with E-state index < -0.39 is 5.97 Å². The fraction of sp³-hybridized carbons (Fsp3) is 0.143. The van der Waals surface area contributed by atoms with Gasteiger partial charge in [-0.3, -0.25) is 4.98 Å². The number of ether oxygens (including phenoxy) is 1. The van der Waals surface area contributed by atoms with Crippen LogP contribution in [0, 0.1) is 0 Å². The van der Waals surface area contributed by atoms with E-state index in [1.54, 1.807) is 24.5 Å². The van der Waals surface area contributed by atoms with E-state index in [-0.39, 0.29) is 5.56 Å². The van der Waals surface area contributed by atoms with Crippen LogP contribution in [0.1, 0.15) is 15.9 Å². The van der Waals surface area contributed by atoms with E-state index in [0.29, 0.717) is 16.8 Å². The second kappa shape index (κ2) is 6.33. The molecule has 0 unspecified atom stereocenters. The second-order valence-electron chi connectivity index (χ2n) is 3.90. The van der Waals surface area contributed by atoms with Gasteiger partial charge in [0, 0.05) is 23.3 Å². The van der Waals surface area contributed by atoms with E-state index in [4.69, 9.17) is 9.84 Å². The van der Waals surface area contributed by atoms with E-state index in [1.165, 1.54) is 6.07 Å². The summed E-state index contributed by atoms with van der Waals surface area (Å²) < 4.78 is 6.09. The van der Waals surface area contributed by atoms with E-state index in [9.17, 15) is 4.79 Å². The summed E-state index contributed by atoms with van der Waals surface area (Å²) in [4.78, 5) is 14.9. The number of hydrogen-bond donors (Lipinski definition) is 1. The number of pyridine rings is 1. The molecule has 0 saturated heterocycles. The van der Waals surface area contributed by atoms with Gasteiger partial charge in [0.25, 0.3) is 0 Å². The summed E-state index contributed by atoms with van der Waals surface area (Å²) in [6.07, 6.45) is 4.22. The second-order valence-corrected chi connectivity index (χ2v) is 4.76. The lowest BCUT2D eigenvalue weighted by molar-refractivity contribution is 0.0695. The lowest BCUT2D eigenvalue weighted by Crippen LogP contribution is -2.03. The molecule has 2 aromatic rings. The van der Waals surface area contributed by atoms with Crippen molar-refractivity contribution in [3.8, 4) is 5.75 Å². The Hall–Kier alpha value is -1.88. The molecule has 0 atom stereocenters. The Morgan fingerprint density at radius 3 is 2.68 bits per heavy atom. The van der Waals surface area contributed by atoms with Crippen molar-refractivity contribution in [2.75, 3.05) is 6.61 Å². The van der Waals surface area contributed by atoms with Crippen LogP contribution in [0.4, 0.5) is 0 Å². The molecule has 0 amide bonds. The van der Waals surface area contributed by atoms with Crippen molar-refractivity contribution in [1.82, 2.24) is 4.98 Å². The summed E-state index contributed by atoms with van der Waals surface area (Å²) >= 11 is 3.19. The van der Waals surface area contributed by atoms with Gasteiger partial charge in [-0.15, -0.1) is 0 Å². The third-order valence-corrected chi connectivity index (χ3v) is 3.27. The molecule has 1 aromatic heterocycles. The summed E-state index contributed by atoms with van der Waals surface area (Å²) in [5, 5.41) is 9.00. The number of benzene rings is 1. The van der Waals surface area contributed by atoms with E-state index >= 15 is 0 Å². The van der Waals surface area contributed by atoms with Gasteiger partial charge in [0.15, 0.2) is 0 Å². The average molecular weight is 322 g/mol. The zero-order valence-corrected chi connectivity index (χ0v) is 11.6. The van der Waals surface area contributed by atoms with Gasteiger partial charge in [-0.2, -0.15) is 0 Å². The van der Waals surface area contributed by atoms with Crippen molar-refractivity contribution in [3.05, 3.63) is 58.3 Å². The molecule has 1 N–H and O–H groups in total. The highest BCUT2D eigenvalue weighted by molar-refractivity contribution is 9.10. The molecule has 4 nitrogen and oxygen atoms in total. The minimum Gasteiger partial charge on any atom is -0.493 e. The van der Waals surface area contributed by atoms with Crippen molar-refractivity contribution < 1.29 is 14.6 Å². The maximum Gasteiger partial charge on any atom is 0.336 e. The van der Waals surface area contributed by atoms with Gasteiger partial charge in [-0.05, 0) is 51.8 Å². The van der Waals surface area contributed by atoms with Crippen LogP contribution in [0.25, 0.3) is 0 Å². The maximum absolute atomic E-state index is 11.0. The minimum absolute atomic E-state index is 0.196. The molecule has 19 heavy (non-hydrogen) atoms. The Kier molecular flexibility index (Phi) is 4.52. The summed E-state index contributed by atoms with van der Waals surface area (Å²) in [6.45, 7) is 0.491. The number of aromatic carboxylic acids is 1. The highest BCUT2D eigenvalue weighted by Gasteiger charge is 2.09. The highest BCUT2D eigenvalue weighted by Crippen LogP contribution is 2.22. The first-order valence-corrected chi connectivity index (χ1v) is 6.50. The number of carbonyl (C=O) groups is 1. The first-order valence-electron chi connectivity index (χ1n) is 5.71. The van der Waals surface area contributed by atoms with Gasteiger partial charge in [-0.1, -0.05) is 0 Å². The van der Waals surface area contributed by atoms with Crippen LogP contribution in [-0.2, 0) is 6.42 Å². The van der Waals surface area contributed by atoms with Crippen LogP contribution in [0.2, 0.25) is 0 Å². The third-order valence-electron chi connectivity index (χ3n) is 2.58. The molecule has 1 aromatic carbocycles. The molecule has 0 fully saturated rings. The number of aromatic nitrogens is 1. The van der Waals surface area contributed by atoms with Crippen molar-refractivity contribution in [3.63, 3.8) is 0 Å². The van der Waals surface area contributed by atoms with Gasteiger partial charge in [0.05, 0.1) is 12.2 Å². The number of carboxylic acid groups (broad SMARTS) is 1. The van der Waals surface area contributed by atoms with Gasteiger partial charge in [-0.25, -0.2) is 4.79 Å². The predicted molar refractivity (Wildman–Crippen MR) is 74.5 cm³/mol. The van der Waals surface area contributed by atoms with Crippen molar-refractivity contribution in [1.29, 1.82) is 0 Å². The molecule has 0 spiro atoms. The smallest absolute Gasteiger partial charge is 0.336 e. The van der Waals surface area contributed by atoms with Crippen LogP contribution in [0.15, 0.2) is 47.2 Å². The monoisotopic (exact) mass is 321 g/mol. The number of rotatable bonds is 5. The molecular formula is C14H12BrNO3. The molecule has 0 radical (unpaired) electrons. The molecule has 0 aliphatic carbocycles. The first kappa shape index (κ1) is 13.5. The average Bonchev–Trinajstić information content (AvgIpc) is 2.41. The zero-order valence-electron chi connectivity index (χ0n) is 10.0. The van der Waals surface area contributed by atoms with Crippen molar-refractivity contribution >= 4 is 21.9 Å². The molecule has 5 heteroatoms. The van der Waals surface area contributed by atoms with E-state index in [1.807, 2.05) is 12.1 Å². The van der Waals surface area contributed by atoms with E-state index in [2.05, 4.69) is 20.9 Å². The molecule has 0 saturated carbocycles. The zero-order chi connectivity index (χ0) is 13.7. The van der Waals surface area contributed by atoms with Gasteiger partial charge in [0.2, 0.25) is 0 Å². The summed E-state index contributed by atoms with van der Waals surface area (Å²) in [5.41, 5.74) is 1.33. The molecule has 0 aliphatic rings. The SMILES string of the molecule is O=C(O)c1cc(OCCc2ccncc2)ccc1Br. The fourth-order valence-corrected chi connectivity index (χ4v) is 2.01. The standard InChI is InChI=1S/C14H12BrNO3/c15-13-2-1-11(9-12(13)14(17)18)19-8-5-10-3-6-16-7-4-10/h1-4,6-7,9H,5,8H2,(H,17,18).